The summed E-state index contributed by atoms with van der Waals surface area (Å²) in [5, 5.41) is 13.0. The first-order chi connectivity index (χ1) is 19.3. The highest BCUT2D eigenvalue weighted by atomic mass is 32.2. The van der Waals surface area contributed by atoms with Crippen LogP contribution in [0.2, 0.25) is 0 Å². The number of sulfone groups is 1. The summed E-state index contributed by atoms with van der Waals surface area (Å²) in [5.41, 5.74) is 0.897. The van der Waals surface area contributed by atoms with Crippen LogP contribution in [0.15, 0.2) is 40.5 Å². The highest BCUT2D eigenvalue weighted by Crippen LogP contribution is 2.46. The number of methoxy groups -OCH3 is 1. The number of ether oxygens (including phenoxy) is 1. The molecule has 4 aromatic rings. The SMILES string of the molecule is CCS(=O)(=O)c1ccc(CNc2nc3cnc(-c4c(OC)ncnc4C4CC4)nc3n(C3(C#N)CC3)c2=O)nc1. The molecule has 0 aromatic carbocycles. The van der Waals surface area contributed by atoms with Crippen molar-refractivity contribution in [2.75, 3.05) is 18.2 Å². The van der Waals surface area contributed by atoms with Gasteiger partial charge in [-0.2, -0.15) is 5.26 Å². The fraction of sp³-hybridized carbons (Fsp3) is 0.385. The average molecular weight is 560 g/mol. The van der Waals surface area contributed by atoms with Gasteiger partial charge < -0.3 is 10.1 Å². The van der Waals surface area contributed by atoms with E-state index in [1.54, 1.807) is 13.0 Å². The number of rotatable bonds is 9. The highest BCUT2D eigenvalue weighted by molar-refractivity contribution is 7.91. The minimum Gasteiger partial charge on any atom is -0.480 e. The summed E-state index contributed by atoms with van der Waals surface area (Å²) in [6.07, 6.45) is 7.24. The molecular formula is C26H25N9O4S. The van der Waals surface area contributed by atoms with Crippen molar-refractivity contribution in [1.82, 2.24) is 34.5 Å². The molecule has 14 heteroatoms. The van der Waals surface area contributed by atoms with Gasteiger partial charge >= 0.3 is 0 Å². The van der Waals surface area contributed by atoms with Crippen molar-refractivity contribution in [2.24, 2.45) is 0 Å². The molecule has 0 atom stereocenters. The van der Waals surface area contributed by atoms with Crippen molar-refractivity contribution < 1.29 is 13.2 Å². The molecule has 0 spiro atoms. The van der Waals surface area contributed by atoms with Gasteiger partial charge in [0.25, 0.3) is 5.56 Å². The number of hydrogen-bond acceptors (Lipinski definition) is 12. The first-order valence-corrected chi connectivity index (χ1v) is 14.5. The summed E-state index contributed by atoms with van der Waals surface area (Å²) in [7, 11) is -1.86. The van der Waals surface area contributed by atoms with Crippen molar-refractivity contribution in [2.45, 2.75) is 55.5 Å². The van der Waals surface area contributed by atoms with Gasteiger partial charge in [-0.3, -0.25) is 14.3 Å². The first kappa shape index (κ1) is 25.8. The number of aromatic nitrogens is 7. The normalized spacial score (nSPS) is 15.9. The predicted molar refractivity (Wildman–Crippen MR) is 143 cm³/mol. The zero-order valence-corrected chi connectivity index (χ0v) is 22.6. The fourth-order valence-corrected chi connectivity index (χ4v) is 5.39. The molecule has 0 bridgehead atoms. The Morgan fingerprint density at radius 1 is 1.15 bits per heavy atom. The molecule has 0 amide bonds. The summed E-state index contributed by atoms with van der Waals surface area (Å²) in [6.45, 7) is 1.68. The average Bonchev–Trinajstić information content (AvgIpc) is 3.91. The lowest BCUT2D eigenvalue weighted by Gasteiger charge is -2.17. The van der Waals surface area contributed by atoms with Gasteiger partial charge in [-0.1, -0.05) is 6.92 Å². The molecule has 40 heavy (non-hydrogen) atoms. The second-order valence-electron chi connectivity index (χ2n) is 9.81. The fourth-order valence-electron chi connectivity index (χ4n) is 4.57. The topological polar surface area (TPSA) is 179 Å². The van der Waals surface area contributed by atoms with Crippen LogP contribution in [0.3, 0.4) is 0 Å². The lowest BCUT2D eigenvalue weighted by Crippen LogP contribution is -2.33. The lowest BCUT2D eigenvalue weighted by molar-refractivity contribution is 0.397. The van der Waals surface area contributed by atoms with Gasteiger partial charge in [-0.05, 0) is 37.8 Å². The minimum atomic E-state index is -3.37. The van der Waals surface area contributed by atoms with E-state index in [4.69, 9.17) is 9.72 Å². The minimum absolute atomic E-state index is 0.0109. The molecule has 0 unspecified atom stereocenters. The van der Waals surface area contributed by atoms with Gasteiger partial charge in [0.2, 0.25) is 5.88 Å². The Labute approximate surface area is 229 Å². The molecule has 204 valence electrons. The molecule has 2 saturated carbocycles. The molecule has 4 aromatic heterocycles. The summed E-state index contributed by atoms with van der Waals surface area (Å²) in [4.78, 5) is 40.5. The third kappa shape index (κ3) is 4.41. The van der Waals surface area contributed by atoms with E-state index in [0.717, 1.165) is 18.5 Å². The van der Waals surface area contributed by atoms with Crippen molar-refractivity contribution in [1.29, 1.82) is 5.26 Å². The monoisotopic (exact) mass is 559 g/mol. The van der Waals surface area contributed by atoms with E-state index in [0.29, 0.717) is 41.3 Å². The van der Waals surface area contributed by atoms with Gasteiger partial charge in [0.1, 0.15) is 22.9 Å². The molecule has 6 rings (SSSR count). The molecule has 4 heterocycles. The van der Waals surface area contributed by atoms with E-state index in [-0.39, 0.29) is 34.6 Å². The van der Waals surface area contributed by atoms with Crippen LogP contribution in [-0.2, 0) is 21.9 Å². The van der Waals surface area contributed by atoms with Crippen LogP contribution >= 0.6 is 0 Å². The van der Waals surface area contributed by atoms with E-state index in [1.165, 1.54) is 36.5 Å². The third-order valence-electron chi connectivity index (χ3n) is 7.16. The molecule has 2 aliphatic carbocycles. The van der Waals surface area contributed by atoms with Crippen LogP contribution in [0, 0.1) is 11.3 Å². The predicted octanol–water partition coefficient (Wildman–Crippen LogP) is 2.34. The van der Waals surface area contributed by atoms with Crippen molar-refractivity contribution in [3.05, 3.63) is 52.6 Å². The zero-order chi connectivity index (χ0) is 28.1. The highest BCUT2D eigenvalue weighted by Gasteiger charge is 2.48. The van der Waals surface area contributed by atoms with Crippen LogP contribution in [0.5, 0.6) is 5.88 Å². The van der Waals surface area contributed by atoms with Crippen LogP contribution in [0.4, 0.5) is 5.82 Å². The third-order valence-corrected chi connectivity index (χ3v) is 8.88. The summed E-state index contributed by atoms with van der Waals surface area (Å²) in [6, 6.07) is 5.34. The standard InChI is InChI=1S/C26H25N9O4S/c1-3-40(37,38)17-7-6-16(28-11-17)10-29-22-25(36)35(26(13-27)8-9-26)23-18(33-22)12-30-21(34-23)19-20(15-4-5-15)31-14-32-24(19)39-2/h6-7,11-12,14-15H,3-5,8-10H2,1-2H3,(H,29,33). The molecular weight excluding hydrogens is 534 g/mol. The van der Waals surface area contributed by atoms with Crippen LogP contribution < -0.4 is 15.6 Å². The van der Waals surface area contributed by atoms with Gasteiger partial charge in [0, 0.05) is 12.1 Å². The van der Waals surface area contributed by atoms with Gasteiger partial charge in [-0.25, -0.2) is 33.3 Å². The number of nitrogens with one attached hydrogen (secondary N) is 1. The summed E-state index contributed by atoms with van der Waals surface area (Å²) >= 11 is 0. The molecule has 0 aliphatic heterocycles. The zero-order valence-electron chi connectivity index (χ0n) is 21.8. The number of pyridine rings is 1. The molecule has 0 radical (unpaired) electrons. The Morgan fingerprint density at radius 3 is 2.58 bits per heavy atom. The quantitative estimate of drug-likeness (QED) is 0.317. The Hall–Kier alpha value is -4.51. The Bertz CT molecular complexity index is 1840. The smallest absolute Gasteiger partial charge is 0.296 e. The largest absolute Gasteiger partial charge is 0.480 e. The molecule has 0 saturated heterocycles. The second-order valence-corrected chi connectivity index (χ2v) is 12.1. The van der Waals surface area contributed by atoms with E-state index < -0.39 is 20.9 Å². The van der Waals surface area contributed by atoms with E-state index in [1.807, 2.05) is 0 Å². The summed E-state index contributed by atoms with van der Waals surface area (Å²) in [5.74, 6) is 0.877. The van der Waals surface area contributed by atoms with E-state index >= 15 is 0 Å². The molecule has 13 nitrogen and oxygen atoms in total. The number of nitrogens with zero attached hydrogens (tertiary/aromatic N) is 8. The Balaban J connectivity index is 1.41. The van der Waals surface area contributed by atoms with Crippen LogP contribution in [0.1, 0.15) is 49.9 Å². The second kappa shape index (κ2) is 9.60. The van der Waals surface area contributed by atoms with Crippen molar-refractivity contribution in [3.8, 4) is 23.3 Å². The van der Waals surface area contributed by atoms with Crippen molar-refractivity contribution in [3.63, 3.8) is 0 Å². The molecule has 1 N–H and O–H groups in total. The maximum Gasteiger partial charge on any atom is 0.296 e. The van der Waals surface area contributed by atoms with E-state index in [2.05, 4.69) is 36.3 Å². The maximum absolute atomic E-state index is 13.7. The van der Waals surface area contributed by atoms with Gasteiger partial charge in [0.15, 0.2) is 27.1 Å². The lowest BCUT2D eigenvalue weighted by atomic mass is 10.1. The van der Waals surface area contributed by atoms with E-state index in [9.17, 15) is 18.5 Å². The molecule has 2 aliphatic rings. The van der Waals surface area contributed by atoms with Crippen LogP contribution in [-0.4, -0.2) is 55.8 Å². The Kier molecular flexibility index (Phi) is 6.18. The number of fused-ring (bicyclic) bond motifs is 1. The molecule has 2 fully saturated rings. The number of anilines is 1. The van der Waals surface area contributed by atoms with Gasteiger partial charge in [-0.15, -0.1) is 0 Å². The maximum atomic E-state index is 13.7. The number of hydrogen-bond donors (Lipinski definition) is 1. The van der Waals surface area contributed by atoms with Crippen LogP contribution in [0.25, 0.3) is 22.6 Å². The summed E-state index contributed by atoms with van der Waals surface area (Å²) < 4.78 is 31.0. The van der Waals surface area contributed by atoms with Crippen molar-refractivity contribution >= 4 is 26.8 Å². The number of nitriles is 1. The first-order valence-electron chi connectivity index (χ1n) is 12.8. The Morgan fingerprint density at radius 2 is 1.95 bits per heavy atom. The van der Waals surface area contributed by atoms with Gasteiger partial charge in [0.05, 0.1) is 48.0 Å².